The smallest absolute Gasteiger partial charge is 0.271 e. The zero-order valence-corrected chi connectivity index (χ0v) is 14.1. The highest BCUT2D eigenvalue weighted by Gasteiger charge is 2.42. The van der Waals surface area contributed by atoms with Gasteiger partial charge < -0.3 is 14.9 Å². The second-order valence-electron chi connectivity index (χ2n) is 6.13. The van der Waals surface area contributed by atoms with E-state index < -0.39 is 5.60 Å². The first-order valence-corrected chi connectivity index (χ1v) is 7.90. The molecule has 0 bridgehead atoms. The number of methoxy groups -OCH3 is 1. The van der Waals surface area contributed by atoms with Crippen molar-refractivity contribution in [2.45, 2.75) is 25.6 Å². The summed E-state index contributed by atoms with van der Waals surface area (Å²) >= 11 is 0. The van der Waals surface area contributed by atoms with Gasteiger partial charge in [-0.2, -0.15) is 0 Å². The first-order valence-electron chi connectivity index (χ1n) is 7.90. The van der Waals surface area contributed by atoms with Crippen molar-refractivity contribution >= 4 is 17.3 Å². The van der Waals surface area contributed by atoms with Crippen molar-refractivity contribution in [1.29, 1.82) is 0 Å². The number of halogens is 1. The fourth-order valence-electron chi connectivity index (χ4n) is 2.63. The Morgan fingerprint density at radius 3 is 2.80 bits per heavy atom. The Bertz CT molecular complexity index is 805. The molecule has 0 fully saturated rings. The lowest BCUT2D eigenvalue weighted by Crippen LogP contribution is -2.40. The lowest BCUT2D eigenvalue weighted by Gasteiger charge is -2.20. The van der Waals surface area contributed by atoms with Crippen molar-refractivity contribution in [1.82, 2.24) is 0 Å². The van der Waals surface area contributed by atoms with Crippen LogP contribution in [0.25, 0.3) is 0 Å². The summed E-state index contributed by atoms with van der Waals surface area (Å²) < 4.78 is 18.1. The van der Waals surface area contributed by atoms with Gasteiger partial charge in [0.1, 0.15) is 5.82 Å². The number of ether oxygens (including phenoxy) is 1. The van der Waals surface area contributed by atoms with Crippen molar-refractivity contribution in [3.05, 3.63) is 65.5 Å². The van der Waals surface area contributed by atoms with E-state index in [4.69, 9.17) is 9.57 Å². The molecule has 1 heterocycles. The number of anilines is 1. The number of nitrogens with one attached hydrogen (secondary N) is 1. The number of oxime groups is 1. The van der Waals surface area contributed by atoms with Crippen LogP contribution in [0.15, 0.2) is 53.7 Å². The third-order valence-corrected chi connectivity index (χ3v) is 4.02. The molecule has 3 rings (SSSR count). The van der Waals surface area contributed by atoms with E-state index in [2.05, 4.69) is 10.5 Å². The Balaban J connectivity index is 1.68. The summed E-state index contributed by atoms with van der Waals surface area (Å²) in [5, 5.41) is 6.86. The van der Waals surface area contributed by atoms with Gasteiger partial charge in [0.05, 0.1) is 12.3 Å². The maximum Gasteiger partial charge on any atom is 0.271 e. The van der Waals surface area contributed by atoms with Crippen molar-refractivity contribution in [2.24, 2.45) is 5.16 Å². The van der Waals surface area contributed by atoms with Gasteiger partial charge in [-0.3, -0.25) is 4.79 Å². The summed E-state index contributed by atoms with van der Waals surface area (Å²) in [5.41, 5.74) is 1.87. The maximum absolute atomic E-state index is 13.0. The lowest BCUT2D eigenvalue weighted by molar-refractivity contribution is -0.135. The second-order valence-corrected chi connectivity index (χ2v) is 6.13. The number of nitrogens with zero attached hydrogens (tertiary/aromatic N) is 1. The quantitative estimate of drug-likeness (QED) is 0.905. The number of rotatable bonds is 5. The van der Waals surface area contributed by atoms with Gasteiger partial charge in [-0.05, 0) is 42.3 Å². The molecule has 25 heavy (non-hydrogen) atoms. The van der Waals surface area contributed by atoms with Crippen LogP contribution in [-0.2, 0) is 21.0 Å². The van der Waals surface area contributed by atoms with Gasteiger partial charge in [-0.1, -0.05) is 29.4 Å². The van der Waals surface area contributed by atoms with Gasteiger partial charge in [-0.25, -0.2) is 4.39 Å². The monoisotopic (exact) mass is 342 g/mol. The molecule has 5 nitrogen and oxygen atoms in total. The molecule has 1 unspecified atom stereocenters. The summed E-state index contributed by atoms with van der Waals surface area (Å²) in [5.74, 6) is -0.609. The van der Waals surface area contributed by atoms with Gasteiger partial charge in [0, 0.05) is 19.2 Å². The topological polar surface area (TPSA) is 59.9 Å². The first kappa shape index (κ1) is 17.1. The fourth-order valence-corrected chi connectivity index (χ4v) is 2.63. The molecule has 130 valence electrons. The Kier molecular flexibility index (Phi) is 4.81. The summed E-state index contributed by atoms with van der Waals surface area (Å²) in [6, 6.07) is 13.4. The summed E-state index contributed by atoms with van der Waals surface area (Å²) in [7, 11) is 1.62. The largest absolute Gasteiger partial charge is 0.380 e. The fraction of sp³-hybridized carbons (Fsp3) is 0.263. The molecule has 1 N–H and O–H groups in total. The second kappa shape index (κ2) is 7.03. The molecule has 6 heteroatoms. The lowest BCUT2D eigenvalue weighted by atomic mass is 9.95. The normalized spacial score (nSPS) is 19.2. The van der Waals surface area contributed by atoms with Gasteiger partial charge >= 0.3 is 0 Å². The van der Waals surface area contributed by atoms with Crippen molar-refractivity contribution in [3.63, 3.8) is 0 Å². The van der Waals surface area contributed by atoms with Crippen LogP contribution in [0.2, 0.25) is 0 Å². The van der Waals surface area contributed by atoms with Crippen LogP contribution >= 0.6 is 0 Å². The van der Waals surface area contributed by atoms with E-state index >= 15 is 0 Å². The molecule has 2 aromatic rings. The third kappa shape index (κ3) is 3.85. The van der Waals surface area contributed by atoms with Crippen LogP contribution in [0.1, 0.15) is 24.5 Å². The van der Waals surface area contributed by atoms with Crippen LogP contribution in [-0.4, -0.2) is 24.3 Å². The van der Waals surface area contributed by atoms with Crippen LogP contribution in [0.4, 0.5) is 10.1 Å². The summed E-state index contributed by atoms with van der Waals surface area (Å²) in [6.45, 7) is 2.15. The van der Waals surface area contributed by atoms with E-state index in [1.807, 2.05) is 18.2 Å². The summed E-state index contributed by atoms with van der Waals surface area (Å²) in [4.78, 5) is 18.0. The summed E-state index contributed by atoms with van der Waals surface area (Å²) in [6.07, 6.45) is 0.308. The van der Waals surface area contributed by atoms with Crippen LogP contribution < -0.4 is 5.32 Å². The predicted octanol–water partition coefficient (Wildman–Crippen LogP) is 3.49. The van der Waals surface area contributed by atoms with E-state index in [1.165, 1.54) is 12.1 Å². The van der Waals surface area contributed by atoms with Gasteiger partial charge in [0.2, 0.25) is 5.60 Å². The molecule has 0 spiro atoms. The van der Waals surface area contributed by atoms with Crippen LogP contribution in [0, 0.1) is 5.82 Å². The SMILES string of the molecule is COCc1cccc(NC(=O)C2(C)CC(c3ccc(F)cc3)=NO2)c1. The molecular weight excluding hydrogens is 323 g/mol. The van der Waals surface area contributed by atoms with E-state index in [9.17, 15) is 9.18 Å². The maximum atomic E-state index is 13.0. The molecule has 0 saturated carbocycles. The van der Waals surface area contributed by atoms with Crippen molar-refractivity contribution < 1.29 is 18.8 Å². The Morgan fingerprint density at radius 1 is 1.32 bits per heavy atom. The molecule has 0 aromatic heterocycles. The van der Waals surface area contributed by atoms with E-state index in [-0.39, 0.29) is 11.7 Å². The predicted molar refractivity (Wildman–Crippen MR) is 92.8 cm³/mol. The zero-order valence-electron chi connectivity index (χ0n) is 14.1. The van der Waals surface area contributed by atoms with E-state index in [0.717, 1.165) is 11.1 Å². The molecule has 1 atom stereocenters. The minimum atomic E-state index is -1.11. The molecule has 1 aliphatic rings. The van der Waals surface area contributed by atoms with E-state index in [0.29, 0.717) is 24.4 Å². The number of hydrogen-bond donors (Lipinski definition) is 1. The highest BCUT2D eigenvalue weighted by atomic mass is 19.1. The van der Waals surface area contributed by atoms with Crippen molar-refractivity contribution in [2.75, 3.05) is 12.4 Å². The Labute approximate surface area is 145 Å². The van der Waals surface area contributed by atoms with Gasteiger partial charge in [0.25, 0.3) is 5.91 Å². The van der Waals surface area contributed by atoms with E-state index in [1.54, 1.807) is 32.2 Å². The third-order valence-electron chi connectivity index (χ3n) is 4.02. The zero-order chi connectivity index (χ0) is 17.9. The Hall–Kier alpha value is -2.73. The number of benzene rings is 2. The highest BCUT2D eigenvalue weighted by Crippen LogP contribution is 2.28. The average molecular weight is 342 g/mol. The minimum absolute atomic E-state index is 0.289. The van der Waals surface area contributed by atoms with Crippen molar-refractivity contribution in [3.8, 4) is 0 Å². The molecule has 2 aromatic carbocycles. The molecule has 1 amide bonds. The van der Waals surface area contributed by atoms with Crippen LogP contribution in [0.3, 0.4) is 0 Å². The first-order chi connectivity index (χ1) is 12.0. The Morgan fingerprint density at radius 2 is 2.08 bits per heavy atom. The van der Waals surface area contributed by atoms with Gasteiger partial charge in [0.15, 0.2) is 0 Å². The minimum Gasteiger partial charge on any atom is -0.380 e. The molecular formula is C19H19FN2O3. The van der Waals surface area contributed by atoms with Crippen LogP contribution in [0.5, 0.6) is 0 Å². The standard InChI is InChI=1S/C19H19FN2O3/c1-19(11-17(22-25-19)14-6-8-15(20)9-7-14)18(23)21-16-5-3-4-13(10-16)12-24-2/h3-10H,11-12H2,1-2H3,(H,21,23). The number of carbonyl (C=O) groups is 1. The molecule has 1 aliphatic heterocycles. The number of carbonyl (C=O) groups excluding carboxylic acids is 1. The number of hydrogen-bond acceptors (Lipinski definition) is 4. The number of amides is 1. The molecule has 0 saturated heterocycles. The molecule has 0 aliphatic carbocycles. The van der Waals surface area contributed by atoms with Gasteiger partial charge in [-0.15, -0.1) is 0 Å². The highest BCUT2D eigenvalue weighted by molar-refractivity contribution is 6.07. The average Bonchev–Trinajstić information content (AvgIpc) is 3.00. The molecule has 0 radical (unpaired) electrons.